The Morgan fingerprint density at radius 1 is 1.21 bits per heavy atom. The molecule has 0 aliphatic heterocycles. The predicted octanol–water partition coefficient (Wildman–Crippen LogP) is 4.20. The Labute approximate surface area is 119 Å². The van der Waals surface area contributed by atoms with Crippen molar-refractivity contribution in [3.63, 3.8) is 0 Å². The molecule has 2 aromatic rings. The summed E-state index contributed by atoms with van der Waals surface area (Å²) in [6.45, 7) is 4.69. The summed E-state index contributed by atoms with van der Waals surface area (Å²) in [6, 6.07) is 13.5. The zero-order valence-electron chi connectivity index (χ0n) is 11.2. The molecule has 2 rings (SSSR count). The fourth-order valence-electron chi connectivity index (χ4n) is 2.06. The highest BCUT2D eigenvalue weighted by molar-refractivity contribution is 6.31. The molecule has 19 heavy (non-hydrogen) atoms. The standard InChI is InChI=1S/C16H18ClNO/c1-11-7-8-16(19)13(9-11)10-18-12(2)14-5-3-4-6-15(14)17/h3-9,12,18-19H,10H2,1-2H3/t12-/m1/s1. The van der Waals surface area contributed by atoms with Crippen LogP contribution < -0.4 is 5.32 Å². The third kappa shape index (κ3) is 3.49. The molecule has 0 aliphatic rings. The van der Waals surface area contributed by atoms with E-state index in [1.165, 1.54) is 0 Å². The average molecular weight is 276 g/mol. The molecule has 0 bridgehead atoms. The van der Waals surface area contributed by atoms with Crippen LogP contribution in [0.25, 0.3) is 0 Å². The Morgan fingerprint density at radius 2 is 1.95 bits per heavy atom. The predicted molar refractivity (Wildman–Crippen MR) is 79.6 cm³/mol. The van der Waals surface area contributed by atoms with Crippen LogP contribution in [0, 0.1) is 6.92 Å². The van der Waals surface area contributed by atoms with Gasteiger partial charge in [-0.05, 0) is 31.5 Å². The van der Waals surface area contributed by atoms with E-state index in [2.05, 4.69) is 12.2 Å². The van der Waals surface area contributed by atoms with Crippen molar-refractivity contribution in [2.75, 3.05) is 0 Å². The van der Waals surface area contributed by atoms with Crippen LogP contribution >= 0.6 is 11.6 Å². The number of aryl methyl sites for hydroxylation is 1. The fourth-order valence-corrected chi connectivity index (χ4v) is 2.35. The summed E-state index contributed by atoms with van der Waals surface area (Å²) < 4.78 is 0. The van der Waals surface area contributed by atoms with Crippen molar-refractivity contribution < 1.29 is 5.11 Å². The van der Waals surface area contributed by atoms with Crippen molar-refractivity contribution in [1.82, 2.24) is 5.32 Å². The molecule has 0 aliphatic carbocycles. The van der Waals surface area contributed by atoms with Crippen LogP contribution in [0.3, 0.4) is 0 Å². The first-order valence-corrected chi connectivity index (χ1v) is 6.72. The topological polar surface area (TPSA) is 32.3 Å². The van der Waals surface area contributed by atoms with Crippen LogP contribution in [-0.4, -0.2) is 5.11 Å². The van der Waals surface area contributed by atoms with E-state index in [0.29, 0.717) is 12.3 Å². The van der Waals surface area contributed by atoms with Crippen molar-refractivity contribution in [1.29, 1.82) is 0 Å². The highest BCUT2D eigenvalue weighted by atomic mass is 35.5. The third-order valence-electron chi connectivity index (χ3n) is 3.21. The Balaban J connectivity index is 2.06. The molecule has 2 aromatic carbocycles. The molecule has 2 nitrogen and oxygen atoms in total. The largest absolute Gasteiger partial charge is 0.508 e. The molecule has 0 saturated heterocycles. The van der Waals surface area contributed by atoms with E-state index in [9.17, 15) is 5.11 Å². The van der Waals surface area contributed by atoms with Crippen molar-refractivity contribution >= 4 is 11.6 Å². The first kappa shape index (κ1) is 13.9. The number of aromatic hydroxyl groups is 1. The van der Waals surface area contributed by atoms with Gasteiger partial charge in [-0.25, -0.2) is 0 Å². The maximum atomic E-state index is 9.81. The molecule has 3 heteroatoms. The van der Waals surface area contributed by atoms with Crippen LogP contribution in [0.2, 0.25) is 5.02 Å². The number of benzene rings is 2. The minimum atomic E-state index is 0.133. The lowest BCUT2D eigenvalue weighted by Gasteiger charge is -2.16. The summed E-state index contributed by atoms with van der Waals surface area (Å²) >= 11 is 6.17. The average Bonchev–Trinajstić information content (AvgIpc) is 2.40. The lowest BCUT2D eigenvalue weighted by atomic mass is 10.1. The number of hydrogen-bond donors (Lipinski definition) is 2. The van der Waals surface area contributed by atoms with Crippen LogP contribution in [0.1, 0.15) is 29.7 Å². The smallest absolute Gasteiger partial charge is 0.120 e. The molecular formula is C16H18ClNO. The van der Waals surface area contributed by atoms with Gasteiger partial charge in [-0.3, -0.25) is 0 Å². The Bertz CT molecular complexity index is 568. The molecule has 100 valence electrons. The second kappa shape index (κ2) is 6.09. The van der Waals surface area contributed by atoms with E-state index in [1.54, 1.807) is 6.07 Å². The van der Waals surface area contributed by atoms with Gasteiger partial charge in [0.15, 0.2) is 0 Å². The summed E-state index contributed by atoms with van der Waals surface area (Å²) in [4.78, 5) is 0. The zero-order valence-corrected chi connectivity index (χ0v) is 11.9. The van der Waals surface area contributed by atoms with Gasteiger partial charge >= 0.3 is 0 Å². The second-order valence-electron chi connectivity index (χ2n) is 4.76. The molecule has 0 radical (unpaired) electrons. The Morgan fingerprint density at radius 3 is 2.68 bits per heavy atom. The molecular weight excluding hydrogens is 258 g/mol. The lowest BCUT2D eigenvalue weighted by molar-refractivity contribution is 0.460. The molecule has 0 aromatic heterocycles. The Hall–Kier alpha value is -1.51. The number of hydrogen-bond acceptors (Lipinski definition) is 2. The van der Waals surface area contributed by atoms with Gasteiger partial charge in [0.05, 0.1) is 0 Å². The fraction of sp³-hybridized carbons (Fsp3) is 0.250. The van der Waals surface area contributed by atoms with Crippen LogP contribution in [0.4, 0.5) is 0 Å². The van der Waals surface area contributed by atoms with Gasteiger partial charge in [0.25, 0.3) is 0 Å². The number of halogens is 1. The SMILES string of the molecule is Cc1ccc(O)c(CN[C@H](C)c2ccccc2Cl)c1. The molecule has 2 N–H and O–H groups in total. The van der Waals surface area contributed by atoms with Crippen molar-refractivity contribution in [2.45, 2.75) is 26.4 Å². The quantitative estimate of drug-likeness (QED) is 0.876. The van der Waals surface area contributed by atoms with E-state index >= 15 is 0 Å². The van der Waals surface area contributed by atoms with Crippen LogP contribution in [-0.2, 0) is 6.54 Å². The Kier molecular flexibility index (Phi) is 4.46. The highest BCUT2D eigenvalue weighted by Crippen LogP contribution is 2.24. The van der Waals surface area contributed by atoms with Gasteiger partial charge in [-0.2, -0.15) is 0 Å². The zero-order chi connectivity index (χ0) is 13.8. The molecule has 0 saturated carbocycles. The van der Waals surface area contributed by atoms with E-state index in [0.717, 1.165) is 21.7 Å². The number of rotatable bonds is 4. The summed E-state index contributed by atoms with van der Waals surface area (Å²) in [7, 11) is 0. The monoisotopic (exact) mass is 275 g/mol. The van der Waals surface area contributed by atoms with Crippen molar-refractivity contribution in [3.8, 4) is 5.75 Å². The van der Waals surface area contributed by atoms with Gasteiger partial charge in [0.2, 0.25) is 0 Å². The highest BCUT2D eigenvalue weighted by Gasteiger charge is 2.09. The molecule has 0 heterocycles. The lowest BCUT2D eigenvalue weighted by Crippen LogP contribution is -2.18. The van der Waals surface area contributed by atoms with Crippen molar-refractivity contribution in [2.24, 2.45) is 0 Å². The molecule has 0 unspecified atom stereocenters. The van der Waals surface area contributed by atoms with E-state index in [1.807, 2.05) is 43.3 Å². The second-order valence-corrected chi connectivity index (χ2v) is 5.16. The molecule has 1 atom stereocenters. The summed E-state index contributed by atoms with van der Waals surface area (Å²) in [5.74, 6) is 0.324. The van der Waals surface area contributed by atoms with Gasteiger partial charge in [0, 0.05) is 23.2 Å². The minimum absolute atomic E-state index is 0.133. The third-order valence-corrected chi connectivity index (χ3v) is 3.55. The molecule has 0 spiro atoms. The molecule has 0 fully saturated rings. The first-order chi connectivity index (χ1) is 9.08. The van der Waals surface area contributed by atoms with E-state index in [-0.39, 0.29) is 6.04 Å². The van der Waals surface area contributed by atoms with E-state index in [4.69, 9.17) is 11.6 Å². The summed E-state index contributed by atoms with van der Waals surface area (Å²) in [6.07, 6.45) is 0. The van der Waals surface area contributed by atoms with Crippen LogP contribution in [0.5, 0.6) is 5.75 Å². The normalized spacial score (nSPS) is 12.4. The van der Waals surface area contributed by atoms with Gasteiger partial charge in [-0.15, -0.1) is 0 Å². The first-order valence-electron chi connectivity index (χ1n) is 6.34. The summed E-state index contributed by atoms with van der Waals surface area (Å²) in [5, 5.41) is 13.9. The number of phenols is 1. The van der Waals surface area contributed by atoms with Crippen molar-refractivity contribution in [3.05, 3.63) is 64.2 Å². The summed E-state index contributed by atoms with van der Waals surface area (Å²) in [5.41, 5.74) is 3.11. The minimum Gasteiger partial charge on any atom is -0.508 e. The van der Waals surface area contributed by atoms with E-state index < -0.39 is 0 Å². The van der Waals surface area contributed by atoms with Gasteiger partial charge in [0.1, 0.15) is 5.75 Å². The maximum absolute atomic E-state index is 9.81. The van der Waals surface area contributed by atoms with Gasteiger partial charge < -0.3 is 10.4 Å². The maximum Gasteiger partial charge on any atom is 0.120 e. The number of nitrogens with one attached hydrogen (secondary N) is 1. The molecule has 0 amide bonds. The number of phenolic OH excluding ortho intramolecular Hbond substituents is 1. The van der Waals surface area contributed by atoms with Crippen LogP contribution in [0.15, 0.2) is 42.5 Å². The van der Waals surface area contributed by atoms with Gasteiger partial charge in [-0.1, -0.05) is 47.5 Å².